The molecule has 1 aromatic carbocycles. The molecule has 0 aliphatic carbocycles. The number of unbranched alkanes of at least 4 members (excludes halogenated alkanes) is 15. The quantitative estimate of drug-likeness (QED) is 0.257. The Morgan fingerprint density at radius 1 is 0.679 bits per heavy atom. The molecule has 0 saturated heterocycles. The van der Waals surface area contributed by atoms with Crippen LogP contribution in [-0.4, -0.2) is 17.6 Å². The summed E-state index contributed by atoms with van der Waals surface area (Å²) < 4.78 is 0. The first kappa shape index (κ1) is 24.5. The van der Waals surface area contributed by atoms with E-state index in [0.717, 1.165) is 13.0 Å². The standard InChI is InChI=1S/C25H43NO2/c1-2-3-4-5-6-7-8-9-10-11-12-13-14-15-16-17-22-26-25(28)23-18-20-24(27)21-19-23/h18-21,27H,2-17,22H2,1H3,(H,26,28). The second-order valence-corrected chi connectivity index (χ2v) is 8.11. The molecule has 2 N–H and O–H groups in total. The van der Waals surface area contributed by atoms with Gasteiger partial charge in [0.05, 0.1) is 0 Å². The maximum atomic E-state index is 11.9. The predicted molar refractivity (Wildman–Crippen MR) is 120 cm³/mol. The Kier molecular flexibility index (Phi) is 15.4. The minimum absolute atomic E-state index is 0.0547. The molecule has 0 saturated carbocycles. The number of nitrogens with one attached hydrogen (secondary N) is 1. The largest absolute Gasteiger partial charge is 0.508 e. The Morgan fingerprint density at radius 2 is 1.07 bits per heavy atom. The molecule has 3 nitrogen and oxygen atoms in total. The Hall–Kier alpha value is -1.51. The van der Waals surface area contributed by atoms with E-state index in [-0.39, 0.29) is 11.7 Å². The SMILES string of the molecule is CCCCCCCCCCCCCCCCCCNC(=O)c1ccc(O)cc1. The third-order valence-electron chi connectivity index (χ3n) is 5.45. The second kappa shape index (κ2) is 17.6. The van der Waals surface area contributed by atoms with Crippen molar-refractivity contribution in [2.45, 2.75) is 110 Å². The van der Waals surface area contributed by atoms with Crippen LogP contribution in [0, 0.1) is 0 Å². The van der Waals surface area contributed by atoms with Gasteiger partial charge in [0, 0.05) is 12.1 Å². The molecule has 0 spiro atoms. The molecule has 0 aliphatic rings. The molecule has 0 radical (unpaired) electrons. The van der Waals surface area contributed by atoms with E-state index in [1.54, 1.807) is 24.3 Å². The highest BCUT2D eigenvalue weighted by molar-refractivity contribution is 5.94. The van der Waals surface area contributed by atoms with Gasteiger partial charge in [-0.3, -0.25) is 4.79 Å². The van der Waals surface area contributed by atoms with Gasteiger partial charge in [-0.25, -0.2) is 0 Å². The molecular weight excluding hydrogens is 346 g/mol. The summed E-state index contributed by atoms with van der Waals surface area (Å²) >= 11 is 0. The van der Waals surface area contributed by atoms with Crippen LogP contribution in [0.25, 0.3) is 0 Å². The van der Waals surface area contributed by atoms with Gasteiger partial charge in [-0.05, 0) is 30.7 Å². The van der Waals surface area contributed by atoms with Crippen molar-refractivity contribution in [3.05, 3.63) is 29.8 Å². The van der Waals surface area contributed by atoms with Gasteiger partial charge in [-0.2, -0.15) is 0 Å². The minimum atomic E-state index is -0.0547. The number of amides is 1. The summed E-state index contributed by atoms with van der Waals surface area (Å²) in [6.45, 7) is 3.01. The first-order chi connectivity index (χ1) is 13.7. The van der Waals surface area contributed by atoms with Crippen molar-refractivity contribution in [2.75, 3.05) is 6.54 Å². The summed E-state index contributed by atoms with van der Waals surface area (Å²) in [6.07, 6.45) is 21.7. The number of benzene rings is 1. The lowest BCUT2D eigenvalue weighted by atomic mass is 10.0. The molecule has 1 amide bonds. The number of hydrogen-bond acceptors (Lipinski definition) is 2. The average molecular weight is 390 g/mol. The van der Waals surface area contributed by atoms with Gasteiger partial charge in [0.15, 0.2) is 0 Å². The number of phenols is 1. The van der Waals surface area contributed by atoms with Crippen molar-refractivity contribution in [1.82, 2.24) is 5.32 Å². The molecule has 1 aromatic rings. The van der Waals surface area contributed by atoms with Gasteiger partial charge in [-0.1, -0.05) is 103 Å². The molecule has 0 aromatic heterocycles. The summed E-state index contributed by atoms with van der Waals surface area (Å²) in [5.41, 5.74) is 0.606. The fraction of sp³-hybridized carbons (Fsp3) is 0.720. The maximum absolute atomic E-state index is 11.9. The van der Waals surface area contributed by atoms with E-state index in [0.29, 0.717) is 5.56 Å². The number of phenolic OH excluding ortho intramolecular Hbond substituents is 1. The third kappa shape index (κ3) is 13.6. The number of hydrogen-bond donors (Lipinski definition) is 2. The molecule has 28 heavy (non-hydrogen) atoms. The van der Waals surface area contributed by atoms with Crippen LogP contribution in [0.1, 0.15) is 120 Å². The Morgan fingerprint density at radius 3 is 1.50 bits per heavy atom. The van der Waals surface area contributed by atoms with E-state index >= 15 is 0 Å². The normalized spacial score (nSPS) is 10.9. The van der Waals surface area contributed by atoms with Gasteiger partial charge < -0.3 is 10.4 Å². The molecule has 3 heteroatoms. The fourth-order valence-electron chi connectivity index (χ4n) is 3.59. The van der Waals surface area contributed by atoms with E-state index in [4.69, 9.17) is 0 Å². The lowest BCUT2D eigenvalue weighted by Gasteiger charge is -2.06. The van der Waals surface area contributed by atoms with Crippen LogP contribution in [0.2, 0.25) is 0 Å². The maximum Gasteiger partial charge on any atom is 0.251 e. The van der Waals surface area contributed by atoms with E-state index in [1.807, 2.05) is 0 Å². The number of rotatable bonds is 18. The third-order valence-corrected chi connectivity index (χ3v) is 5.45. The highest BCUT2D eigenvalue weighted by atomic mass is 16.3. The molecule has 1 rings (SSSR count). The van der Waals surface area contributed by atoms with Crippen molar-refractivity contribution in [2.24, 2.45) is 0 Å². The lowest BCUT2D eigenvalue weighted by molar-refractivity contribution is 0.0953. The summed E-state index contributed by atoms with van der Waals surface area (Å²) in [7, 11) is 0. The Bertz CT molecular complexity index is 484. The van der Waals surface area contributed by atoms with Crippen LogP contribution in [0.5, 0.6) is 5.75 Å². The molecule has 0 bridgehead atoms. The van der Waals surface area contributed by atoms with Crippen LogP contribution >= 0.6 is 0 Å². The van der Waals surface area contributed by atoms with Gasteiger partial charge in [0.2, 0.25) is 0 Å². The highest BCUT2D eigenvalue weighted by Gasteiger charge is 2.03. The Balaban J connectivity index is 1.78. The van der Waals surface area contributed by atoms with Crippen molar-refractivity contribution in [3.63, 3.8) is 0 Å². The molecule has 160 valence electrons. The summed E-state index contributed by atoms with van der Waals surface area (Å²) in [6, 6.07) is 6.39. The van der Waals surface area contributed by atoms with Crippen LogP contribution < -0.4 is 5.32 Å². The van der Waals surface area contributed by atoms with Crippen LogP contribution in [0.3, 0.4) is 0 Å². The lowest BCUT2D eigenvalue weighted by Crippen LogP contribution is -2.24. The number of carbonyl (C=O) groups excluding carboxylic acids is 1. The zero-order valence-corrected chi connectivity index (χ0v) is 18.2. The van der Waals surface area contributed by atoms with Crippen LogP contribution in [-0.2, 0) is 0 Å². The Labute approximate surface area is 173 Å². The van der Waals surface area contributed by atoms with E-state index < -0.39 is 0 Å². The molecule has 0 fully saturated rings. The van der Waals surface area contributed by atoms with Crippen molar-refractivity contribution >= 4 is 5.91 Å². The average Bonchev–Trinajstić information content (AvgIpc) is 2.70. The smallest absolute Gasteiger partial charge is 0.251 e. The summed E-state index contributed by atoms with van der Waals surface area (Å²) in [5.74, 6) is 0.135. The number of carbonyl (C=O) groups is 1. The van der Waals surface area contributed by atoms with Crippen LogP contribution in [0.4, 0.5) is 0 Å². The van der Waals surface area contributed by atoms with Crippen molar-refractivity contribution in [1.29, 1.82) is 0 Å². The second-order valence-electron chi connectivity index (χ2n) is 8.11. The van der Waals surface area contributed by atoms with Crippen molar-refractivity contribution < 1.29 is 9.90 Å². The first-order valence-electron chi connectivity index (χ1n) is 11.8. The monoisotopic (exact) mass is 389 g/mol. The van der Waals surface area contributed by atoms with Gasteiger partial charge in [0.25, 0.3) is 5.91 Å². The molecule has 0 unspecified atom stereocenters. The zero-order chi connectivity index (χ0) is 20.3. The molecule has 0 atom stereocenters. The van der Waals surface area contributed by atoms with Crippen LogP contribution in [0.15, 0.2) is 24.3 Å². The van der Waals surface area contributed by atoms with Gasteiger partial charge in [0.1, 0.15) is 5.75 Å². The summed E-state index contributed by atoms with van der Waals surface area (Å²) in [4.78, 5) is 11.9. The topological polar surface area (TPSA) is 49.3 Å². The van der Waals surface area contributed by atoms with Gasteiger partial charge in [-0.15, -0.1) is 0 Å². The summed E-state index contributed by atoms with van der Waals surface area (Å²) in [5, 5.41) is 12.2. The highest BCUT2D eigenvalue weighted by Crippen LogP contribution is 2.14. The zero-order valence-electron chi connectivity index (χ0n) is 18.2. The predicted octanol–water partition coefficient (Wildman–Crippen LogP) is 7.38. The minimum Gasteiger partial charge on any atom is -0.508 e. The van der Waals surface area contributed by atoms with E-state index in [9.17, 15) is 9.90 Å². The van der Waals surface area contributed by atoms with E-state index in [2.05, 4.69) is 12.2 Å². The number of aromatic hydroxyl groups is 1. The first-order valence-corrected chi connectivity index (χ1v) is 11.8. The van der Waals surface area contributed by atoms with Gasteiger partial charge >= 0.3 is 0 Å². The molecule has 0 aliphatic heterocycles. The molecule has 0 heterocycles. The molecular formula is C25H43NO2. The van der Waals surface area contributed by atoms with Crippen molar-refractivity contribution in [3.8, 4) is 5.75 Å². The fourth-order valence-corrected chi connectivity index (χ4v) is 3.59. The van der Waals surface area contributed by atoms with E-state index in [1.165, 1.54) is 96.3 Å².